The number of sulfonamides is 1. The number of nitrogens with one attached hydrogen (secondary N) is 1. The molecule has 0 atom stereocenters. The highest BCUT2D eigenvalue weighted by Gasteiger charge is 2.25. The first kappa shape index (κ1) is 14.6. The number of halogens is 2. The lowest BCUT2D eigenvalue weighted by Crippen LogP contribution is -2.15. The lowest BCUT2D eigenvalue weighted by molar-refractivity contribution is 0.573. The summed E-state index contributed by atoms with van der Waals surface area (Å²) in [6.07, 6.45) is 2.76. The van der Waals surface area contributed by atoms with Gasteiger partial charge in [0.2, 0.25) is 0 Å². The lowest BCUT2D eigenvalue weighted by atomic mass is 10.3. The van der Waals surface area contributed by atoms with Crippen LogP contribution >= 0.6 is 22.9 Å². The number of anilines is 2. The number of hydrogen-bond acceptors (Lipinski definition) is 5. The topological polar surface area (TPSA) is 85.1 Å². The van der Waals surface area contributed by atoms with Gasteiger partial charge >= 0.3 is 0 Å². The van der Waals surface area contributed by atoms with Gasteiger partial charge < -0.3 is 5.73 Å². The van der Waals surface area contributed by atoms with Crippen molar-refractivity contribution in [3.05, 3.63) is 33.5 Å². The number of rotatable bonds is 3. The Balaban J connectivity index is 1.97. The van der Waals surface area contributed by atoms with Crippen molar-refractivity contribution in [3.63, 3.8) is 0 Å². The third-order valence-corrected chi connectivity index (χ3v) is 5.90. The van der Waals surface area contributed by atoms with E-state index in [1.165, 1.54) is 11.3 Å². The van der Waals surface area contributed by atoms with Gasteiger partial charge in [-0.2, -0.15) is 0 Å². The second-order valence-corrected chi connectivity index (χ2v) is 7.83. The van der Waals surface area contributed by atoms with Crippen molar-refractivity contribution >= 4 is 43.8 Å². The van der Waals surface area contributed by atoms with Crippen LogP contribution in [0.1, 0.15) is 17.0 Å². The molecule has 0 spiro atoms. The molecular formula is C12H11ClFN3O2S2. The zero-order valence-electron chi connectivity index (χ0n) is 10.7. The summed E-state index contributed by atoms with van der Waals surface area (Å²) in [7, 11) is -4.12. The molecule has 9 heteroatoms. The fraction of sp³-hybridized carbons (Fsp3) is 0.250. The van der Waals surface area contributed by atoms with Crippen molar-refractivity contribution < 1.29 is 12.8 Å². The number of aromatic nitrogens is 1. The summed E-state index contributed by atoms with van der Waals surface area (Å²) in [5.74, 6) is -1.02. The molecule has 0 saturated carbocycles. The van der Waals surface area contributed by atoms with Crippen LogP contribution in [0.2, 0.25) is 5.02 Å². The van der Waals surface area contributed by atoms with Gasteiger partial charge in [-0.15, -0.1) is 11.3 Å². The molecule has 2 aromatic rings. The van der Waals surface area contributed by atoms with Crippen LogP contribution in [-0.2, 0) is 22.9 Å². The fourth-order valence-corrected chi connectivity index (χ4v) is 4.89. The molecule has 3 rings (SSSR count). The molecule has 1 aromatic carbocycles. The summed E-state index contributed by atoms with van der Waals surface area (Å²) in [6.45, 7) is 0. The molecule has 0 bridgehead atoms. The van der Waals surface area contributed by atoms with Crippen LogP contribution in [0.5, 0.6) is 0 Å². The maximum atomic E-state index is 13.9. The SMILES string of the molecule is Nc1cc(Cl)cc(S(=O)(=O)Nc2nc3c(s2)CCC3)c1F. The molecule has 3 N–H and O–H groups in total. The normalized spacial score (nSPS) is 14.2. The fourth-order valence-electron chi connectivity index (χ4n) is 2.18. The molecule has 1 heterocycles. The first-order chi connectivity index (χ1) is 9.87. The van der Waals surface area contributed by atoms with Crippen molar-refractivity contribution in [2.75, 3.05) is 10.5 Å². The Hall–Kier alpha value is -1.38. The van der Waals surface area contributed by atoms with E-state index in [0.717, 1.165) is 42.0 Å². The van der Waals surface area contributed by atoms with Crippen molar-refractivity contribution in [2.45, 2.75) is 24.2 Å². The molecular weight excluding hydrogens is 337 g/mol. The van der Waals surface area contributed by atoms with Crippen molar-refractivity contribution in [1.82, 2.24) is 4.98 Å². The minimum atomic E-state index is -4.12. The van der Waals surface area contributed by atoms with Gasteiger partial charge in [0.05, 0.1) is 11.4 Å². The molecule has 0 radical (unpaired) electrons. The number of nitrogen functional groups attached to an aromatic ring is 1. The van der Waals surface area contributed by atoms with Gasteiger partial charge in [0, 0.05) is 9.90 Å². The molecule has 5 nitrogen and oxygen atoms in total. The smallest absolute Gasteiger partial charge is 0.266 e. The first-order valence-electron chi connectivity index (χ1n) is 6.13. The molecule has 0 fully saturated rings. The summed E-state index contributed by atoms with van der Waals surface area (Å²) < 4.78 is 40.7. The van der Waals surface area contributed by atoms with Crippen LogP contribution in [0.4, 0.5) is 15.2 Å². The number of benzene rings is 1. The molecule has 0 amide bonds. The number of fused-ring (bicyclic) bond motifs is 1. The van der Waals surface area contributed by atoms with E-state index in [4.69, 9.17) is 17.3 Å². The predicted molar refractivity (Wildman–Crippen MR) is 80.8 cm³/mol. The van der Waals surface area contributed by atoms with Crippen LogP contribution in [0, 0.1) is 5.82 Å². The third kappa shape index (κ3) is 2.70. The van der Waals surface area contributed by atoms with E-state index < -0.39 is 20.7 Å². The quantitative estimate of drug-likeness (QED) is 0.836. The van der Waals surface area contributed by atoms with Gasteiger partial charge in [-0.25, -0.2) is 17.8 Å². The zero-order chi connectivity index (χ0) is 15.2. The van der Waals surface area contributed by atoms with Gasteiger partial charge in [-0.1, -0.05) is 11.6 Å². The highest BCUT2D eigenvalue weighted by Crippen LogP contribution is 2.32. The largest absolute Gasteiger partial charge is 0.396 e. The summed E-state index contributed by atoms with van der Waals surface area (Å²) in [5.41, 5.74) is 6.00. The van der Waals surface area contributed by atoms with Crippen LogP contribution < -0.4 is 10.5 Å². The standard InChI is InChI=1S/C12H11ClFN3O2S2/c13-6-4-7(15)11(14)10(5-6)21(18,19)17-12-16-8-2-1-3-9(8)20-12/h4-5H,1-3,15H2,(H,16,17). The maximum absolute atomic E-state index is 13.9. The summed E-state index contributed by atoms with van der Waals surface area (Å²) in [6, 6.07) is 2.19. The summed E-state index contributed by atoms with van der Waals surface area (Å²) >= 11 is 7.01. The highest BCUT2D eigenvalue weighted by molar-refractivity contribution is 7.93. The monoisotopic (exact) mass is 347 g/mol. The lowest BCUT2D eigenvalue weighted by Gasteiger charge is -2.08. The first-order valence-corrected chi connectivity index (χ1v) is 8.80. The number of nitrogens with zero attached hydrogens (tertiary/aromatic N) is 1. The van der Waals surface area contributed by atoms with Crippen LogP contribution in [0.15, 0.2) is 17.0 Å². The predicted octanol–water partition coefficient (Wildman–Crippen LogP) is 2.81. The van der Waals surface area contributed by atoms with E-state index in [9.17, 15) is 12.8 Å². The maximum Gasteiger partial charge on any atom is 0.266 e. The van der Waals surface area contributed by atoms with Gasteiger partial charge in [0.1, 0.15) is 4.90 Å². The Labute approximate surface area is 130 Å². The average Bonchev–Trinajstić information content (AvgIpc) is 2.93. The van der Waals surface area contributed by atoms with E-state index in [0.29, 0.717) is 0 Å². The molecule has 21 heavy (non-hydrogen) atoms. The van der Waals surface area contributed by atoms with Gasteiger partial charge in [0.15, 0.2) is 10.9 Å². The zero-order valence-corrected chi connectivity index (χ0v) is 13.1. The summed E-state index contributed by atoms with van der Waals surface area (Å²) in [5, 5.41) is 0.286. The Morgan fingerprint density at radius 1 is 1.38 bits per heavy atom. The minimum absolute atomic E-state index is 0.0518. The van der Waals surface area contributed by atoms with Crippen LogP contribution in [0.3, 0.4) is 0 Å². The average molecular weight is 348 g/mol. The molecule has 0 unspecified atom stereocenters. The Morgan fingerprint density at radius 2 is 2.14 bits per heavy atom. The van der Waals surface area contributed by atoms with E-state index in [1.807, 2.05) is 0 Å². The van der Waals surface area contributed by atoms with Gasteiger partial charge in [-0.05, 0) is 31.4 Å². The Kier molecular flexibility index (Phi) is 3.54. The number of hydrogen-bond donors (Lipinski definition) is 2. The van der Waals surface area contributed by atoms with Gasteiger partial charge in [0.25, 0.3) is 10.0 Å². The van der Waals surface area contributed by atoms with Gasteiger partial charge in [-0.3, -0.25) is 4.72 Å². The number of nitrogens with two attached hydrogens (primary N) is 1. The van der Waals surface area contributed by atoms with Crippen LogP contribution in [0.25, 0.3) is 0 Å². The number of aryl methyl sites for hydroxylation is 2. The van der Waals surface area contributed by atoms with Crippen molar-refractivity contribution in [1.29, 1.82) is 0 Å². The molecule has 0 saturated heterocycles. The second-order valence-electron chi connectivity index (χ2n) is 4.66. The molecule has 1 aromatic heterocycles. The molecule has 112 valence electrons. The third-order valence-electron chi connectivity index (χ3n) is 3.14. The number of thiazole rings is 1. The van der Waals surface area contributed by atoms with Crippen molar-refractivity contribution in [2.24, 2.45) is 0 Å². The second kappa shape index (κ2) is 5.11. The molecule has 0 aliphatic heterocycles. The summed E-state index contributed by atoms with van der Waals surface area (Å²) in [4.78, 5) is 4.71. The Morgan fingerprint density at radius 3 is 2.86 bits per heavy atom. The molecule has 1 aliphatic carbocycles. The van der Waals surface area contributed by atoms with Crippen molar-refractivity contribution in [3.8, 4) is 0 Å². The highest BCUT2D eigenvalue weighted by atomic mass is 35.5. The molecule has 1 aliphatic rings. The minimum Gasteiger partial charge on any atom is -0.396 e. The van der Waals surface area contributed by atoms with E-state index in [1.54, 1.807) is 0 Å². The van der Waals surface area contributed by atoms with E-state index in [2.05, 4.69) is 9.71 Å². The Bertz CT molecular complexity index is 799. The van der Waals surface area contributed by atoms with E-state index >= 15 is 0 Å². The van der Waals surface area contributed by atoms with E-state index in [-0.39, 0.29) is 15.8 Å². The van der Waals surface area contributed by atoms with Crippen LogP contribution in [-0.4, -0.2) is 13.4 Å².